The molecule has 3 N–H and O–H groups in total. The number of benzene rings is 1. The average molecular weight is 281 g/mol. The first-order chi connectivity index (χ1) is 9.45. The average Bonchev–Trinajstić information content (AvgIpc) is 2.36. The van der Waals surface area contributed by atoms with Gasteiger partial charge in [0.25, 0.3) is 0 Å². The number of aliphatic hydroxyl groups excluding tert-OH is 1. The van der Waals surface area contributed by atoms with Gasteiger partial charge in [0, 0.05) is 13.0 Å². The molecule has 0 bridgehead atoms. The molecule has 0 aliphatic rings. The number of aliphatic hydroxyl groups is 1. The largest absolute Gasteiger partial charge is 0.497 e. The molecule has 5 nitrogen and oxygen atoms in total. The predicted molar refractivity (Wildman–Crippen MR) is 77.2 cm³/mol. The highest BCUT2D eigenvalue weighted by atomic mass is 16.5. The molecule has 0 amide bonds. The minimum atomic E-state index is -0.797. The molecule has 1 aromatic rings. The Hall–Kier alpha value is -1.59. The van der Waals surface area contributed by atoms with E-state index >= 15 is 0 Å². The topological polar surface area (TPSA) is 78.8 Å². The van der Waals surface area contributed by atoms with Gasteiger partial charge in [-0.3, -0.25) is 4.79 Å². The highest BCUT2D eigenvalue weighted by Gasteiger charge is 2.14. The van der Waals surface area contributed by atoms with Crippen LogP contribution < -0.4 is 10.1 Å². The molecule has 1 unspecified atom stereocenters. The molecule has 112 valence electrons. The van der Waals surface area contributed by atoms with E-state index < -0.39 is 12.1 Å². The Bertz CT molecular complexity index is 436. The van der Waals surface area contributed by atoms with E-state index in [0.29, 0.717) is 19.5 Å². The van der Waals surface area contributed by atoms with Gasteiger partial charge in [-0.05, 0) is 55.6 Å². The smallest absolute Gasteiger partial charge is 0.303 e. The lowest BCUT2D eigenvalue weighted by Crippen LogP contribution is -2.24. The number of aliphatic carboxylic acids is 1. The van der Waals surface area contributed by atoms with Crippen molar-refractivity contribution in [2.24, 2.45) is 0 Å². The molecule has 0 saturated carbocycles. The monoisotopic (exact) mass is 281 g/mol. The molecule has 0 aliphatic carbocycles. The number of carboxylic acids is 1. The minimum Gasteiger partial charge on any atom is -0.497 e. The number of nitrogens with one attached hydrogen (secondary N) is 1. The second kappa shape index (κ2) is 7.87. The summed E-state index contributed by atoms with van der Waals surface area (Å²) in [6.07, 6.45) is 0.0949. The van der Waals surface area contributed by atoms with Crippen molar-refractivity contribution in [2.75, 3.05) is 20.2 Å². The molecule has 5 heteroatoms. The summed E-state index contributed by atoms with van der Waals surface area (Å²) in [5, 5.41) is 21.8. The molecule has 1 atom stereocenters. The van der Waals surface area contributed by atoms with E-state index in [0.717, 1.165) is 22.4 Å². The van der Waals surface area contributed by atoms with E-state index in [1.165, 1.54) is 0 Å². The second-order valence-electron chi connectivity index (χ2n) is 4.89. The molecule has 0 saturated heterocycles. The number of methoxy groups -OCH3 is 1. The van der Waals surface area contributed by atoms with E-state index in [9.17, 15) is 9.90 Å². The summed E-state index contributed by atoms with van der Waals surface area (Å²) in [6.45, 7) is 4.88. The third kappa shape index (κ3) is 4.83. The number of ether oxygens (including phenoxy) is 1. The SMILES string of the molecule is COc1cc(C)c(C(O)CNCCCC(=O)O)c(C)c1. The Morgan fingerprint density at radius 1 is 1.35 bits per heavy atom. The Morgan fingerprint density at radius 2 is 1.95 bits per heavy atom. The molecule has 1 aromatic carbocycles. The highest BCUT2D eigenvalue weighted by Crippen LogP contribution is 2.26. The van der Waals surface area contributed by atoms with Crippen LogP contribution >= 0.6 is 0 Å². The summed E-state index contributed by atoms with van der Waals surface area (Å²) in [4.78, 5) is 10.4. The van der Waals surface area contributed by atoms with Gasteiger partial charge in [0.15, 0.2) is 0 Å². The number of hydrogen-bond donors (Lipinski definition) is 3. The quantitative estimate of drug-likeness (QED) is 0.633. The summed E-state index contributed by atoms with van der Waals surface area (Å²) in [7, 11) is 1.62. The van der Waals surface area contributed by atoms with Crippen LogP contribution in [0.25, 0.3) is 0 Å². The fourth-order valence-electron chi connectivity index (χ4n) is 2.28. The number of hydrogen-bond acceptors (Lipinski definition) is 4. The van der Waals surface area contributed by atoms with Crippen LogP contribution in [-0.2, 0) is 4.79 Å². The van der Waals surface area contributed by atoms with Gasteiger partial charge in [-0.25, -0.2) is 0 Å². The van der Waals surface area contributed by atoms with Crippen molar-refractivity contribution in [1.82, 2.24) is 5.32 Å². The molecule has 20 heavy (non-hydrogen) atoms. The molecular formula is C15H23NO4. The zero-order valence-corrected chi connectivity index (χ0v) is 12.3. The highest BCUT2D eigenvalue weighted by molar-refractivity contribution is 5.66. The molecule has 1 rings (SSSR count). The fraction of sp³-hybridized carbons (Fsp3) is 0.533. The van der Waals surface area contributed by atoms with Crippen LogP contribution in [-0.4, -0.2) is 36.4 Å². The van der Waals surface area contributed by atoms with Gasteiger partial charge in [-0.2, -0.15) is 0 Å². The predicted octanol–water partition coefficient (Wildman–Crippen LogP) is 1.80. The number of carbonyl (C=O) groups is 1. The Labute approximate surface area is 119 Å². The zero-order valence-electron chi connectivity index (χ0n) is 12.3. The summed E-state index contributed by atoms with van der Waals surface area (Å²) in [5.41, 5.74) is 2.87. The minimum absolute atomic E-state index is 0.143. The first kappa shape index (κ1) is 16.5. The lowest BCUT2D eigenvalue weighted by Gasteiger charge is -2.18. The first-order valence-electron chi connectivity index (χ1n) is 6.71. The van der Waals surface area contributed by atoms with Crippen LogP contribution in [0.5, 0.6) is 5.75 Å². The summed E-state index contributed by atoms with van der Waals surface area (Å²) < 4.78 is 5.19. The van der Waals surface area contributed by atoms with Crippen molar-refractivity contribution < 1.29 is 19.7 Å². The summed E-state index contributed by atoms with van der Waals surface area (Å²) >= 11 is 0. The number of rotatable bonds is 8. The van der Waals surface area contributed by atoms with Crippen molar-refractivity contribution in [2.45, 2.75) is 32.8 Å². The van der Waals surface area contributed by atoms with Crippen molar-refractivity contribution in [3.05, 3.63) is 28.8 Å². The van der Waals surface area contributed by atoms with Crippen molar-refractivity contribution in [3.63, 3.8) is 0 Å². The molecule has 0 spiro atoms. The maximum Gasteiger partial charge on any atom is 0.303 e. The fourth-order valence-corrected chi connectivity index (χ4v) is 2.28. The standard InChI is InChI=1S/C15H23NO4/c1-10-7-12(20-3)8-11(2)15(10)13(17)9-16-6-4-5-14(18)19/h7-8,13,16-17H,4-6,9H2,1-3H3,(H,18,19). The summed E-state index contributed by atoms with van der Waals surface area (Å²) in [6, 6.07) is 3.80. The molecular weight excluding hydrogens is 258 g/mol. The van der Waals surface area contributed by atoms with Gasteiger partial charge in [0.2, 0.25) is 0 Å². The van der Waals surface area contributed by atoms with Gasteiger partial charge in [-0.1, -0.05) is 0 Å². The van der Waals surface area contributed by atoms with Crippen LogP contribution in [0.2, 0.25) is 0 Å². The molecule has 0 radical (unpaired) electrons. The van der Waals surface area contributed by atoms with Gasteiger partial charge in [0.05, 0.1) is 13.2 Å². The van der Waals surface area contributed by atoms with Crippen LogP contribution in [0.15, 0.2) is 12.1 Å². The van der Waals surface area contributed by atoms with Gasteiger partial charge in [0.1, 0.15) is 5.75 Å². The maximum absolute atomic E-state index is 10.4. The van der Waals surface area contributed by atoms with Crippen molar-refractivity contribution in [3.8, 4) is 5.75 Å². The summed E-state index contributed by atoms with van der Waals surface area (Å²) in [5.74, 6) is -0.0143. The zero-order chi connectivity index (χ0) is 15.1. The first-order valence-corrected chi connectivity index (χ1v) is 6.71. The van der Waals surface area contributed by atoms with Crippen LogP contribution in [0.4, 0.5) is 0 Å². The van der Waals surface area contributed by atoms with E-state index in [4.69, 9.17) is 9.84 Å². The van der Waals surface area contributed by atoms with Crippen LogP contribution in [0.3, 0.4) is 0 Å². The normalized spacial score (nSPS) is 12.2. The van der Waals surface area contributed by atoms with Gasteiger partial charge in [-0.15, -0.1) is 0 Å². The third-order valence-electron chi connectivity index (χ3n) is 3.22. The Morgan fingerprint density at radius 3 is 2.45 bits per heavy atom. The van der Waals surface area contributed by atoms with E-state index in [1.807, 2.05) is 26.0 Å². The second-order valence-corrected chi connectivity index (χ2v) is 4.89. The van der Waals surface area contributed by atoms with E-state index in [1.54, 1.807) is 7.11 Å². The Balaban J connectivity index is 2.55. The van der Waals surface area contributed by atoms with Gasteiger partial charge < -0.3 is 20.3 Å². The molecule has 0 heterocycles. The van der Waals surface area contributed by atoms with Gasteiger partial charge >= 0.3 is 5.97 Å². The van der Waals surface area contributed by atoms with E-state index in [2.05, 4.69) is 5.32 Å². The molecule has 0 fully saturated rings. The lowest BCUT2D eigenvalue weighted by atomic mass is 9.97. The van der Waals surface area contributed by atoms with Crippen molar-refractivity contribution >= 4 is 5.97 Å². The lowest BCUT2D eigenvalue weighted by molar-refractivity contribution is -0.137. The third-order valence-corrected chi connectivity index (χ3v) is 3.22. The van der Waals surface area contributed by atoms with Crippen LogP contribution in [0, 0.1) is 13.8 Å². The van der Waals surface area contributed by atoms with E-state index in [-0.39, 0.29) is 6.42 Å². The number of aryl methyl sites for hydroxylation is 2. The van der Waals surface area contributed by atoms with Crippen LogP contribution in [0.1, 0.15) is 35.6 Å². The maximum atomic E-state index is 10.4. The number of carboxylic acid groups (broad SMARTS) is 1. The molecule has 0 aromatic heterocycles. The van der Waals surface area contributed by atoms with Crippen molar-refractivity contribution in [1.29, 1.82) is 0 Å². The Kier molecular flexibility index (Phi) is 6.48. The molecule has 0 aliphatic heterocycles.